The fraction of sp³-hybridized carbons (Fsp3) is 0.143. The molecule has 0 radical (unpaired) electrons. The van der Waals surface area contributed by atoms with Crippen molar-refractivity contribution in [2.24, 2.45) is 0 Å². The second kappa shape index (κ2) is 5.95. The van der Waals surface area contributed by atoms with E-state index in [1.807, 2.05) is 0 Å². The van der Waals surface area contributed by atoms with Crippen LogP contribution < -0.4 is 4.72 Å². The third-order valence-corrected chi connectivity index (χ3v) is 4.60. The van der Waals surface area contributed by atoms with Crippen molar-refractivity contribution >= 4 is 31.6 Å². The Hall–Kier alpha value is -1.37. The molecule has 0 aromatic heterocycles. The van der Waals surface area contributed by atoms with Crippen molar-refractivity contribution in [2.75, 3.05) is 4.72 Å². The van der Waals surface area contributed by atoms with Crippen LogP contribution in [0.15, 0.2) is 57.9 Å². The van der Waals surface area contributed by atoms with Gasteiger partial charge in [-0.1, -0.05) is 34.1 Å². The molecule has 6 heteroatoms. The SMILES string of the molecule is CC(O)c1cccc(NS(=O)(=O)c2cccc(Br)c2)c1. The lowest BCUT2D eigenvalue weighted by molar-refractivity contribution is 0.199. The Bertz CT molecular complexity index is 714. The average Bonchev–Trinajstić information content (AvgIpc) is 2.38. The molecule has 4 nitrogen and oxygen atoms in total. The molecule has 0 fully saturated rings. The quantitative estimate of drug-likeness (QED) is 0.883. The molecule has 0 aliphatic carbocycles. The molecule has 2 rings (SSSR count). The standard InChI is InChI=1S/C14H14BrNO3S/c1-10(17)11-4-2-6-13(8-11)16-20(18,19)14-7-3-5-12(15)9-14/h2-10,16-17H,1H3. The first-order chi connectivity index (χ1) is 9.38. The Labute approximate surface area is 126 Å². The molecule has 0 aliphatic rings. The normalized spacial score (nSPS) is 12.9. The Morgan fingerprint density at radius 1 is 1.15 bits per heavy atom. The fourth-order valence-electron chi connectivity index (χ4n) is 1.71. The maximum Gasteiger partial charge on any atom is 0.261 e. The molecular formula is C14H14BrNO3S. The third-order valence-electron chi connectivity index (χ3n) is 2.73. The molecule has 0 bridgehead atoms. The van der Waals surface area contributed by atoms with Gasteiger partial charge in [0.05, 0.1) is 11.0 Å². The van der Waals surface area contributed by atoms with Gasteiger partial charge in [-0.2, -0.15) is 0 Å². The molecule has 1 atom stereocenters. The zero-order valence-electron chi connectivity index (χ0n) is 10.7. The molecule has 2 N–H and O–H groups in total. The van der Waals surface area contributed by atoms with E-state index < -0.39 is 16.1 Å². The highest BCUT2D eigenvalue weighted by molar-refractivity contribution is 9.10. The average molecular weight is 356 g/mol. The summed E-state index contributed by atoms with van der Waals surface area (Å²) in [5.74, 6) is 0. The van der Waals surface area contributed by atoms with E-state index in [1.54, 1.807) is 43.3 Å². The van der Waals surface area contributed by atoms with Gasteiger partial charge in [-0.3, -0.25) is 4.72 Å². The summed E-state index contributed by atoms with van der Waals surface area (Å²) in [5, 5.41) is 9.52. The summed E-state index contributed by atoms with van der Waals surface area (Å²) in [6.45, 7) is 1.63. The van der Waals surface area contributed by atoms with Gasteiger partial charge in [-0.15, -0.1) is 0 Å². The summed E-state index contributed by atoms with van der Waals surface area (Å²) < 4.78 is 27.7. The third kappa shape index (κ3) is 3.59. The molecule has 0 saturated heterocycles. The predicted octanol–water partition coefficient (Wildman–Crippen LogP) is 3.30. The molecule has 0 amide bonds. The van der Waals surface area contributed by atoms with E-state index in [2.05, 4.69) is 20.7 Å². The first-order valence-corrected chi connectivity index (χ1v) is 8.22. The predicted molar refractivity (Wildman–Crippen MR) is 82.0 cm³/mol. The van der Waals surface area contributed by atoms with Crippen molar-refractivity contribution in [2.45, 2.75) is 17.9 Å². The number of hydrogen-bond acceptors (Lipinski definition) is 3. The van der Waals surface area contributed by atoms with Gasteiger partial charge >= 0.3 is 0 Å². The molecule has 1 unspecified atom stereocenters. The summed E-state index contributed by atoms with van der Waals surface area (Å²) in [7, 11) is -3.64. The van der Waals surface area contributed by atoms with Crippen LogP contribution in [0, 0.1) is 0 Å². The minimum atomic E-state index is -3.64. The minimum absolute atomic E-state index is 0.175. The van der Waals surface area contributed by atoms with Crippen molar-refractivity contribution in [3.63, 3.8) is 0 Å². The van der Waals surface area contributed by atoms with E-state index >= 15 is 0 Å². The monoisotopic (exact) mass is 355 g/mol. The van der Waals surface area contributed by atoms with Gasteiger partial charge in [0.15, 0.2) is 0 Å². The summed E-state index contributed by atoms with van der Waals surface area (Å²) >= 11 is 3.25. The van der Waals surface area contributed by atoms with E-state index in [0.29, 0.717) is 15.7 Å². The van der Waals surface area contributed by atoms with Gasteiger partial charge in [0.25, 0.3) is 10.0 Å². The second-order valence-corrected chi connectivity index (χ2v) is 6.96. The zero-order valence-corrected chi connectivity index (χ0v) is 13.1. The van der Waals surface area contributed by atoms with Crippen LogP contribution in [0.5, 0.6) is 0 Å². The molecule has 0 spiro atoms. The highest BCUT2D eigenvalue weighted by Crippen LogP contribution is 2.22. The van der Waals surface area contributed by atoms with E-state index in [-0.39, 0.29) is 4.90 Å². The molecule has 2 aromatic rings. The van der Waals surface area contributed by atoms with Gasteiger partial charge in [-0.05, 0) is 42.8 Å². The van der Waals surface area contributed by atoms with Gasteiger partial charge in [0, 0.05) is 10.2 Å². The van der Waals surface area contributed by atoms with Crippen LogP contribution in [-0.2, 0) is 10.0 Å². The van der Waals surface area contributed by atoms with Crippen LogP contribution in [0.1, 0.15) is 18.6 Å². The fourth-order valence-corrected chi connectivity index (χ4v) is 3.36. The first-order valence-electron chi connectivity index (χ1n) is 5.95. The van der Waals surface area contributed by atoms with Crippen molar-refractivity contribution < 1.29 is 13.5 Å². The number of aliphatic hydroxyl groups is 1. The maximum absolute atomic E-state index is 12.2. The van der Waals surface area contributed by atoms with Crippen LogP contribution in [0.25, 0.3) is 0 Å². The minimum Gasteiger partial charge on any atom is -0.389 e. The topological polar surface area (TPSA) is 66.4 Å². The molecule has 0 saturated carbocycles. The Morgan fingerprint density at radius 3 is 2.50 bits per heavy atom. The van der Waals surface area contributed by atoms with Crippen molar-refractivity contribution in [1.29, 1.82) is 0 Å². The van der Waals surface area contributed by atoms with E-state index in [9.17, 15) is 13.5 Å². The Balaban J connectivity index is 2.31. The summed E-state index contributed by atoms with van der Waals surface area (Å²) in [6, 6.07) is 13.1. The highest BCUT2D eigenvalue weighted by atomic mass is 79.9. The lowest BCUT2D eigenvalue weighted by Crippen LogP contribution is -2.13. The lowest BCUT2D eigenvalue weighted by atomic mass is 10.1. The van der Waals surface area contributed by atoms with Gasteiger partial charge in [0.2, 0.25) is 0 Å². The number of rotatable bonds is 4. The number of benzene rings is 2. The Kier molecular flexibility index (Phi) is 4.47. The van der Waals surface area contributed by atoms with Crippen molar-refractivity contribution in [1.82, 2.24) is 0 Å². The molecule has 2 aromatic carbocycles. The van der Waals surface area contributed by atoms with Crippen LogP contribution in [0.2, 0.25) is 0 Å². The van der Waals surface area contributed by atoms with Crippen LogP contribution in [0.3, 0.4) is 0 Å². The molecule has 0 heterocycles. The molecular weight excluding hydrogens is 342 g/mol. The molecule has 20 heavy (non-hydrogen) atoms. The van der Waals surface area contributed by atoms with Gasteiger partial charge in [-0.25, -0.2) is 8.42 Å². The number of halogens is 1. The maximum atomic E-state index is 12.2. The largest absolute Gasteiger partial charge is 0.389 e. The molecule has 0 aliphatic heterocycles. The number of nitrogens with one attached hydrogen (secondary N) is 1. The molecule has 106 valence electrons. The van der Waals surface area contributed by atoms with Gasteiger partial charge < -0.3 is 5.11 Å². The lowest BCUT2D eigenvalue weighted by Gasteiger charge is -2.11. The summed E-state index contributed by atoms with van der Waals surface area (Å²) in [5.41, 5.74) is 1.07. The zero-order chi connectivity index (χ0) is 14.8. The highest BCUT2D eigenvalue weighted by Gasteiger charge is 2.14. The van der Waals surface area contributed by atoms with E-state index in [4.69, 9.17) is 0 Å². The number of sulfonamides is 1. The van der Waals surface area contributed by atoms with Crippen molar-refractivity contribution in [3.8, 4) is 0 Å². The second-order valence-electron chi connectivity index (χ2n) is 4.36. The first kappa shape index (κ1) is 15.0. The number of aliphatic hydroxyl groups excluding tert-OH is 1. The van der Waals surface area contributed by atoms with Crippen LogP contribution in [0.4, 0.5) is 5.69 Å². The van der Waals surface area contributed by atoms with E-state index in [1.165, 1.54) is 12.1 Å². The van der Waals surface area contributed by atoms with Crippen LogP contribution >= 0.6 is 15.9 Å². The summed E-state index contributed by atoms with van der Waals surface area (Å²) in [4.78, 5) is 0.175. The smallest absolute Gasteiger partial charge is 0.261 e. The summed E-state index contributed by atoms with van der Waals surface area (Å²) in [6.07, 6.45) is -0.648. The number of hydrogen-bond donors (Lipinski definition) is 2. The Morgan fingerprint density at radius 2 is 1.85 bits per heavy atom. The number of anilines is 1. The van der Waals surface area contributed by atoms with Crippen molar-refractivity contribution in [3.05, 3.63) is 58.6 Å². The van der Waals surface area contributed by atoms with Gasteiger partial charge in [0.1, 0.15) is 0 Å². The van der Waals surface area contributed by atoms with Crippen LogP contribution in [-0.4, -0.2) is 13.5 Å². The van der Waals surface area contributed by atoms with E-state index in [0.717, 1.165) is 0 Å².